The van der Waals surface area contributed by atoms with Gasteiger partial charge in [-0.1, -0.05) is 52.2 Å². The second-order valence-corrected chi connectivity index (χ2v) is 8.94. The Labute approximate surface area is 167 Å². The first kappa shape index (κ1) is 20.1. The molecule has 27 heavy (non-hydrogen) atoms. The van der Waals surface area contributed by atoms with Crippen molar-refractivity contribution in [2.75, 3.05) is 11.5 Å². The van der Waals surface area contributed by atoms with E-state index in [0.29, 0.717) is 0 Å². The predicted octanol–water partition coefficient (Wildman–Crippen LogP) is 4.71. The van der Waals surface area contributed by atoms with E-state index in [1.54, 1.807) is 6.92 Å². The molecule has 1 saturated heterocycles. The molecule has 1 aromatic carbocycles. The predicted molar refractivity (Wildman–Crippen MR) is 110 cm³/mol. The van der Waals surface area contributed by atoms with Crippen molar-refractivity contribution in [1.82, 2.24) is 4.90 Å². The third-order valence-corrected chi connectivity index (χ3v) is 6.16. The third-order valence-electron chi connectivity index (χ3n) is 5.70. The monoisotopic (exact) mass is 390 g/mol. The molecule has 1 aromatic rings. The minimum absolute atomic E-state index is 0.0548. The van der Waals surface area contributed by atoms with E-state index in [2.05, 4.69) is 45.5 Å². The van der Waals surface area contributed by atoms with Gasteiger partial charge in [0.15, 0.2) is 5.50 Å². The van der Waals surface area contributed by atoms with E-state index in [1.807, 2.05) is 17.0 Å². The van der Waals surface area contributed by atoms with Gasteiger partial charge < -0.3 is 9.64 Å². The summed E-state index contributed by atoms with van der Waals surface area (Å²) in [4.78, 5) is 29.0. The summed E-state index contributed by atoms with van der Waals surface area (Å²) < 4.78 is 5.14. The smallest absolute Gasteiger partial charge is 0.419 e. The first-order valence-corrected chi connectivity index (χ1v) is 10.3. The van der Waals surface area contributed by atoms with E-state index in [9.17, 15) is 9.59 Å². The second kappa shape index (κ2) is 7.38. The molecule has 2 fully saturated rings. The minimum atomic E-state index is -0.708. The van der Waals surface area contributed by atoms with Crippen molar-refractivity contribution in [3.63, 3.8) is 0 Å². The maximum Gasteiger partial charge on any atom is 0.419 e. The number of imide groups is 1. The van der Waals surface area contributed by atoms with Crippen LogP contribution in [0.25, 0.3) is 0 Å². The van der Waals surface area contributed by atoms with Gasteiger partial charge in [0, 0.05) is 5.69 Å². The van der Waals surface area contributed by atoms with Crippen LogP contribution in [0.5, 0.6) is 0 Å². The summed E-state index contributed by atoms with van der Waals surface area (Å²) in [6.45, 7) is 8.50. The summed E-state index contributed by atoms with van der Waals surface area (Å²) in [5.74, 6) is -0.180. The Morgan fingerprint density at radius 2 is 1.78 bits per heavy atom. The van der Waals surface area contributed by atoms with E-state index >= 15 is 0 Å². The normalized spacial score (nSPS) is 22.4. The molecule has 2 aliphatic rings. The van der Waals surface area contributed by atoms with Crippen LogP contribution in [0.4, 0.5) is 10.5 Å². The highest BCUT2D eigenvalue weighted by Crippen LogP contribution is 2.46. The maximum atomic E-state index is 13.4. The highest BCUT2D eigenvalue weighted by atomic mass is 32.1. The highest BCUT2D eigenvalue weighted by Gasteiger charge is 2.59. The number of hydrogen-bond acceptors (Lipinski definition) is 5. The fraction of sp³-hybridized carbons (Fsp3) is 0.619. The van der Waals surface area contributed by atoms with Gasteiger partial charge in [0.05, 0.1) is 6.61 Å². The van der Waals surface area contributed by atoms with Crippen molar-refractivity contribution < 1.29 is 14.3 Å². The van der Waals surface area contributed by atoms with Crippen molar-refractivity contribution in [2.45, 2.75) is 76.3 Å². The summed E-state index contributed by atoms with van der Waals surface area (Å²) in [6, 6.07) is 8.29. The number of carbonyl (C=O) groups excluding carboxylic acids is 2. The molecule has 0 aromatic heterocycles. The van der Waals surface area contributed by atoms with Crippen molar-refractivity contribution in [1.29, 1.82) is 0 Å². The maximum absolute atomic E-state index is 13.4. The standard InChI is InChI=1S/C21H30N2O3S/c1-5-26-19(25)22-17(24)21(13-7-6-8-14-21)23(18(22)27)16-11-9-15(10-12-16)20(2,3)4/h9-12,18,27H,5-8,13-14H2,1-4H3. The largest absolute Gasteiger partial charge is 0.449 e. The van der Waals surface area contributed by atoms with E-state index < -0.39 is 17.1 Å². The van der Waals surface area contributed by atoms with Gasteiger partial charge in [-0.25, -0.2) is 9.69 Å². The van der Waals surface area contributed by atoms with Crippen LogP contribution in [0, 0.1) is 0 Å². The lowest BCUT2D eigenvalue weighted by molar-refractivity contribution is -0.131. The van der Waals surface area contributed by atoms with E-state index in [4.69, 9.17) is 4.74 Å². The number of thiol groups is 1. The fourth-order valence-electron chi connectivity index (χ4n) is 4.23. The molecule has 1 saturated carbocycles. The van der Waals surface area contributed by atoms with E-state index in [1.165, 1.54) is 10.5 Å². The number of ether oxygens (including phenoxy) is 1. The molecule has 3 rings (SSSR count). The molecule has 1 aliphatic heterocycles. The van der Waals surface area contributed by atoms with Gasteiger partial charge in [-0.2, -0.15) is 0 Å². The van der Waals surface area contributed by atoms with Gasteiger partial charge in [0.2, 0.25) is 0 Å². The summed E-state index contributed by atoms with van der Waals surface area (Å²) >= 11 is 4.68. The third kappa shape index (κ3) is 3.44. The Kier molecular flexibility index (Phi) is 5.48. The molecule has 6 heteroatoms. The molecule has 1 spiro atoms. The first-order valence-electron chi connectivity index (χ1n) is 9.81. The van der Waals surface area contributed by atoms with Crippen LogP contribution in [-0.4, -0.2) is 34.5 Å². The average Bonchev–Trinajstić information content (AvgIpc) is 2.82. The molecule has 1 atom stereocenters. The SMILES string of the molecule is CCOC(=O)N1C(=O)C2(CCCCC2)N(c2ccc(C(C)(C)C)cc2)C1S. The molecular formula is C21H30N2O3S. The number of carbonyl (C=O) groups is 2. The molecular weight excluding hydrogens is 360 g/mol. The number of hydrogen-bond donors (Lipinski definition) is 1. The summed E-state index contributed by atoms with van der Waals surface area (Å²) in [6.07, 6.45) is 3.92. The van der Waals surface area contributed by atoms with Gasteiger partial charge in [0.1, 0.15) is 5.54 Å². The number of amides is 2. The summed E-state index contributed by atoms with van der Waals surface area (Å²) in [5.41, 5.74) is 0.840. The summed E-state index contributed by atoms with van der Waals surface area (Å²) in [7, 11) is 0. The van der Waals surface area contributed by atoms with Crippen LogP contribution in [0.2, 0.25) is 0 Å². The molecule has 2 amide bonds. The zero-order chi connectivity index (χ0) is 19.8. The number of rotatable bonds is 2. The van der Waals surface area contributed by atoms with Crippen molar-refractivity contribution in [3.05, 3.63) is 29.8 Å². The number of benzene rings is 1. The van der Waals surface area contributed by atoms with Gasteiger partial charge >= 0.3 is 6.09 Å². The molecule has 0 radical (unpaired) electrons. The highest BCUT2D eigenvalue weighted by molar-refractivity contribution is 7.81. The Bertz CT molecular complexity index is 705. The van der Waals surface area contributed by atoms with Crippen LogP contribution in [0.1, 0.15) is 65.4 Å². The zero-order valence-corrected chi connectivity index (χ0v) is 17.6. The lowest BCUT2D eigenvalue weighted by Gasteiger charge is -2.41. The quantitative estimate of drug-likeness (QED) is 0.743. The Hall–Kier alpha value is -1.69. The van der Waals surface area contributed by atoms with Crippen LogP contribution < -0.4 is 4.90 Å². The van der Waals surface area contributed by atoms with E-state index in [-0.39, 0.29) is 17.9 Å². The van der Waals surface area contributed by atoms with Crippen molar-refractivity contribution in [2.24, 2.45) is 0 Å². The number of anilines is 1. The molecule has 5 nitrogen and oxygen atoms in total. The number of nitrogens with zero attached hydrogens (tertiary/aromatic N) is 2. The van der Waals surface area contributed by atoms with Crippen LogP contribution in [0.3, 0.4) is 0 Å². The fourth-order valence-corrected chi connectivity index (χ4v) is 4.79. The Balaban J connectivity index is 2.02. The van der Waals surface area contributed by atoms with Crippen LogP contribution in [0.15, 0.2) is 24.3 Å². The van der Waals surface area contributed by atoms with E-state index in [0.717, 1.165) is 37.8 Å². The van der Waals surface area contributed by atoms with Gasteiger partial charge in [0.25, 0.3) is 5.91 Å². The van der Waals surface area contributed by atoms with Crippen LogP contribution >= 0.6 is 12.6 Å². The second-order valence-electron chi connectivity index (χ2n) is 8.48. The Morgan fingerprint density at radius 1 is 1.19 bits per heavy atom. The molecule has 0 N–H and O–H groups in total. The van der Waals surface area contributed by atoms with Gasteiger partial charge in [-0.3, -0.25) is 4.79 Å². The molecule has 1 aliphatic carbocycles. The van der Waals surface area contributed by atoms with Crippen LogP contribution in [-0.2, 0) is 14.9 Å². The molecule has 1 unspecified atom stereocenters. The topological polar surface area (TPSA) is 49.9 Å². The first-order chi connectivity index (χ1) is 12.7. The molecule has 1 heterocycles. The van der Waals surface area contributed by atoms with Gasteiger partial charge in [-0.15, -0.1) is 12.6 Å². The Morgan fingerprint density at radius 3 is 2.30 bits per heavy atom. The van der Waals surface area contributed by atoms with Crippen molar-refractivity contribution in [3.8, 4) is 0 Å². The minimum Gasteiger partial charge on any atom is -0.449 e. The van der Waals surface area contributed by atoms with Crippen molar-refractivity contribution >= 4 is 30.3 Å². The lowest BCUT2D eigenvalue weighted by Crippen LogP contribution is -2.51. The van der Waals surface area contributed by atoms with Gasteiger partial charge in [-0.05, 0) is 42.9 Å². The summed E-state index contributed by atoms with van der Waals surface area (Å²) in [5, 5.41) is 0. The molecule has 148 valence electrons. The lowest BCUT2D eigenvalue weighted by atomic mass is 9.80. The zero-order valence-electron chi connectivity index (χ0n) is 16.7. The average molecular weight is 391 g/mol. The molecule has 0 bridgehead atoms.